The van der Waals surface area contributed by atoms with Crippen LogP contribution in [0.5, 0.6) is 0 Å². The Bertz CT molecular complexity index is 1350. The van der Waals surface area contributed by atoms with Crippen molar-refractivity contribution in [1.29, 1.82) is 0 Å². The second-order valence-electron chi connectivity index (χ2n) is 14.3. The molecule has 1 aromatic carbocycles. The second-order valence-corrected chi connectivity index (χ2v) is 14.3. The molecule has 5 saturated carbocycles. The molecule has 0 amide bonds. The molecule has 1 heterocycles. The summed E-state index contributed by atoms with van der Waals surface area (Å²) in [5.41, 5.74) is -4.79. The van der Waals surface area contributed by atoms with Crippen LogP contribution in [0.3, 0.4) is 0 Å². The van der Waals surface area contributed by atoms with Gasteiger partial charge in [0, 0.05) is 83.0 Å². The van der Waals surface area contributed by atoms with Crippen LogP contribution in [-0.4, -0.2) is 135 Å². The molecule has 1 unspecified atom stereocenters. The number of likely N-dealkylation sites (tertiary alicyclic amines) is 1. The molecule has 12 heteroatoms. The molecule has 12 nitrogen and oxygen atoms in total. The molecule has 248 valence electrons. The van der Waals surface area contributed by atoms with Crippen molar-refractivity contribution in [2.24, 2.45) is 34.5 Å². The van der Waals surface area contributed by atoms with Gasteiger partial charge < -0.3 is 48.6 Å². The highest BCUT2D eigenvalue weighted by molar-refractivity contribution is 5.89. The summed E-state index contributed by atoms with van der Waals surface area (Å²) in [4.78, 5) is 29.1. The number of aliphatic hydroxyl groups excluding tert-OH is 2. The van der Waals surface area contributed by atoms with Crippen LogP contribution in [0.4, 0.5) is 0 Å². The molecule has 1 spiro atoms. The van der Waals surface area contributed by atoms with Crippen LogP contribution in [0.2, 0.25) is 0 Å². The molecular weight excluding hydrogens is 586 g/mol. The number of methoxy groups -OCH3 is 4. The molecule has 1 aliphatic heterocycles. The van der Waals surface area contributed by atoms with Gasteiger partial charge in [-0.2, -0.15) is 0 Å². The van der Waals surface area contributed by atoms with Gasteiger partial charge in [0.05, 0.1) is 30.5 Å². The van der Waals surface area contributed by atoms with Gasteiger partial charge >= 0.3 is 11.9 Å². The lowest BCUT2D eigenvalue weighted by atomic mass is 9.42. The summed E-state index contributed by atoms with van der Waals surface area (Å²) >= 11 is 0. The Morgan fingerprint density at radius 2 is 1.71 bits per heavy atom. The lowest BCUT2D eigenvalue weighted by Crippen LogP contribution is -2.81. The fourth-order valence-electron chi connectivity index (χ4n) is 12.2. The summed E-state index contributed by atoms with van der Waals surface area (Å²) in [6.45, 7) is 2.00. The number of nitrogens with zero attached hydrogens (tertiary/aromatic N) is 1. The van der Waals surface area contributed by atoms with Gasteiger partial charge in [0.25, 0.3) is 0 Å². The topological polar surface area (TPSA) is 153 Å². The highest BCUT2D eigenvalue weighted by Crippen LogP contribution is 2.80. The largest absolute Gasteiger partial charge is 0.455 e. The predicted molar refractivity (Wildman–Crippen MR) is 156 cm³/mol. The average molecular weight is 632 g/mol. The number of aliphatic hydroxyl groups is 3. The van der Waals surface area contributed by atoms with E-state index in [1.54, 1.807) is 51.7 Å². The molecule has 6 aliphatic rings. The molecule has 1 saturated heterocycles. The van der Waals surface area contributed by atoms with Crippen molar-refractivity contribution in [2.45, 2.75) is 73.6 Å². The van der Waals surface area contributed by atoms with Crippen molar-refractivity contribution in [3.63, 3.8) is 0 Å². The standard InChI is InChI=1S/C33H45NO11/c1-16(35)45-33-21-18(13-31(39,28(43-6)26(33)37)27(21)44-29(38)17-10-8-7-9-11-17)32-20(41-4)12-19(36)30(15-40-3)14-34(2)25(32)22(33)23(42-5)24(30)32/h7-11,18-28,36-37,39H,12-15H2,1-6H3/t18-,19-,20+,21-,22?,23+,24-,25-,26+,27-,28+,30+,31-,32+,33-/m1/s1. The van der Waals surface area contributed by atoms with Gasteiger partial charge in [0.2, 0.25) is 0 Å². The predicted octanol–water partition coefficient (Wildman–Crippen LogP) is 0.258. The number of benzene rings is 1. The Morgan fingerprint density at radius 3 is 2.31 bits per heavy atom. The Morgan fingerprint density at radius 1 is 1.00 bits per heavy atom. The first kappa shape index (κ1) is 31.4. The Balaban J connectivity index is 1.52. The third-order valence-corrected chi connectivity index (χ3v) is 12.9. The van der Waals surface area contributed by atoms with E-state index in [-0.39, 0.29) is 25.0 Å². The van der Waals surface area contributed by atoms with Crippen molar-refractivity contribution < 1.29 is 53.3 Å². The van der Waals surface area contributed by atoms with Crippen LogP contribution in [-0.2, 0) is 33.2 Å². The van der Waals surface area contributed by atoms with Gasteiger partial charge in [-0.1, -0.05) is 18.2 Å². The fraction of sp³-hybridized carbons (Fsp3) is 0.758. The third-order valence-electron chi connectivity index (χ3n) is 12.9. The molecule has 1 aromatic rings. The number of rotatable bonds is 8. The third kappa shape index (κ3) is 3.55. The number of ether oxygens (including phenoxy) is 6. The lowest BCUT2D eigenvalue weighted by molar-refractivity contribution is -0.321. The minimum Gasteiger partial charge on any atom is -0.455 e. The maximum Gasteiger partial charge on any atom is 0.338 e. The highest BCUT2D eigenvalue weighted by atomic mass is 16.6. The highest BCUT2D eigenvalue weighted by Gasteiger charge is 2.92. The summed E-state index contributed by atoms with van der Waals surface area (Å²) in [7, 11) is 8.20. The summed E-state index contributed by atoms with van der Waals surface area (Å²) in [6.07, 6.45) is -5.50. The number of hydrogen-bond acceptors (Lipinski definition) is 12. The number of carbonyl (C=O) groups is 2. The summed E-state index contributed by atoms with van der Waals surface area (Å²) in [5.74, 6) is -3.66. The molecule has 7 bridgehead atoms. The van der Waals surface area contributed by atoms with Gasteiger partial charge in [-0.3, -0.25) is 4.79 Å². The Labute approximate surface area is 262 Å². The second kappa shape index (κ2) is 10.4. The van der Waals surface area contributed by atoms with E-state index in [0.29, 0.717) is 18.5 Å². The zero-order valence-electron chi connectivity index (χ0n) is 26.6. The number of piperidine rings is 1. The molecule has 7 rings (SSSR count). The zero-order chi connectivity index (χ0) is 32.3. The first-order valence-corrected chi connectivity index (χ1v) is 15.8. The van der Waals surface area contributed by atoms with Gasteiger partial charge in [-0.05, 0) is 31.5 Å². The minimum atomic E-state index is -1.83. The monoisotopic (exact) mass is 631 g/mol. The maximum absolute atomic E-state index is 13.7. The number of esters is 2. The van der Waals surface area contributed by atoms with E-state index in [0.717, 1.165) is 0 Å². The van der Waals surface area contributed by atoms with E-state index >= 15 is 0 Å². The minimum absolute atomic E-state index is 0.0754. The number of hydrogen-bond donors (Lipinski definition) is 3. The average Bonchev–Trinajstić information content (AvgIpc) is 3.40. The molecule has 45 heavy (non-hydrogen) atoms. The molecule has 15 atom stereocenters. The molecule has 0 aromatic heterocycles. The molecule has 5 aliphatic carbocycles. The summed E-state index contributed by atoms with van der Waals surface area (Å²) in [6, 6.07) is 8.15. The maximum atomic E-state index is 13.7. The molecular formula is C33H45NO11. The molecule has 6 fully saturated rings. The van der Waals surface area contributed by atoms with E-state index in [2.05, 4.69) is 4.90 Å². The van der Waals surface area contributed by atoms with Crippen molar-refractivity contribution in [1.82, 2.24) is 4.90 Å². The summed E-state index contributed by atoms with van der Waals surface area (Å²) < 4.78 is 37.2. The van der Waals surface area contributed by atoms with Crippen LogP contribution >= 0.6 is 0 Å². The van der Waals surface area contributed by atoms with Crippen LogP contribution in [0.15, 0.2) is 30.3 Å². The van der Waals surface area contributed by atoms with Crippen molar-refractivity contribution in [2.75, 3.05) is 48.6 Å². The van der Waals surface area contributed by atoms with Crippen molar-refractivity contribution >= 4 is 11.9 Å². The summed E-state index contributed by atoms with van der Waals surface area (Å²) in [5, 5.41) is 37.0. The van der Waals surface area contributed by atoms with Crippen molar-refractivity contribution in [3.8, 4) is 0 Å². The zero-order valence-corrected chi connectivity index (χ0v) is 26.6. The van der Waals surface area contributed by atoms with Crippen LogP contribution in [0.25, 0.3) is 0 Å². The first-order chi connectivity index (χ1) is 21.4. The molecule has 0 radical (unpaired) electrons. The van der Waals surface area contributed by atoms with Gasteiger partial charge in [0.15, 0.2) is 5.60 Å². The van der Waals surface area contributed by atoms with Crippen LogP contribution < -0.4 is 0 Å². The van der Waals surface area contributed by atoms with Crippen molar-refractivity contribution in [3.05, 3.63) is 35.9 Å². The van der Waals surface area contributed by atoms with E-state index in [1.165, 1.54) is 14.0 Å². The van der Waals surface area contributed by atoms with Gasteiger partial charge in [-0.15, -0.1) is 0 Å². The normalized spacial score (nSPS) is 50.7. The fourth-order valence-corrected chi connectivity index (χ4v) is 12.2. The SMILES string of the molecule is COC[C@]12CN(C)[C@@H]3C4[C@H](OC)[C@H]1[C@@]3([C@@H](OC)C[C@H]2O)[C@@H]1C[C@@]2(O)[C@H](OC(=O)c3ccccc3)[C@@H]1[C@]4(OC(C)=O)[C@@H](O)[C@@H]2OC. The van der Waals surface area contributed by atoms with Gasteiger partial charge in [0.1, 0.15) is 23.9 Å². The van der Waals surface area contributed by atoms with E-state index < -0.39 is 88.3 Å². The van der Waals surface area contributed by atoms with E-state index in [9.17, 15) is 24.9 Å². The van der Waals surface area contributed by atoms with E-state index in [4.69, 9.17) is 28.4 Å². The first-order valence-electron chi connectivity index (χ1n) is 15.8. The van der Waals surface area contributed by atoms with E-state index in [1.807, 2.05) is 7.05 Å². The quantitative estimate of drug-likeness (QED) is 0.337. The lowest BCUT2D eigenvalue weighted by Gasteiger charge is -2.70. The molecule has 3 N–H and O–H groups in total. The Kier molecular flexibility index (Phi) is 7.28. The Hall–Kier alpha value is -2.16. The van der Waals surface area contributed by atoms with Crippen LogP contribution in [0, 0.1) is 34.5 Å². The van der Waals surface area contributed by atoms with Gasteiger partial charge in [-0.25, -0.2) is 4.79 Å². The van der Waals surface area contributed by atoms with Crippen LogP contribution in [0.1, 0.15) is 30.1 Å². The number of carbonyl (C=O) groups excluding carboxylic acids is 2. The smallest absolute Gasteiger partial charge is 0.338 e. The number of fused-ring (bicyclic) bond motifs is 2.